The lowest BCUT2D eigenvalue weighted by Gasteiger charge is -2.13. The number of rotatable bonds is 5. The van der Waals surface area contributed by atoms with Gasteiger partial charge in [0.15, 0.2) is 5.82 Å². The number of sulfonamides is 1. The maximum absolute atomic E-state index is 13.6. The van der Waals surface area contributed by atoms with Gasteiger partial charge in [-0.15, -0.1) is 0 Å². The van der Waals surface area contributed by atoms with Crippen LogP contribution >= 0.6 is 11.6 Å². The van der Waals surface area contributed by atoms with Crippen molar-refractivity contribution in [3.63, 3.8) is 0 Å². The number of aliphatic carboxylic acids is 1. The van der Waals surface area contributed by atoms with Gasteiger partial charge in [-0.2, -0.15) is 4.72 Å². The van der Waals surface area contributed by atoms with Crippen LogP contribution in [-0.4, -0.2) is 25.5 Å². The number of carboxylic acids is 1. The van der Waals surface area contributed by atoms with Crippen molar-refractivity contribution in [1.82, 2.24) is 4.72 Å². The molecule has 5 nitrogen and oxygen atoms in total. The third kappa shape index (κ3) is 3.18. The smallest absolute Gasteiger partial charge is 0.321 e. The molecule has 0 saturated heterocycles. The minimum absolute atomic E-state index is 0.0384. The molecule has 0 aliphatic carbocycles. The molecule has 2 N–H and O–H groups in total. The Labute approximate surface area is 109 Å². The first-order valence-corrected chi connectivity index (χ1v) is 6.85. The van der Waals surface area contributed by atoms with Crippen LogP contribution in [0, 0.1) is 5.82 Å². The van der Waals surface area contributed by atoms with Crippen LogP contribution in [0.1, 0.15) is 13.3 Å². The lowest BCUT2D eigenvalue weighted by molar-refractivity contribution is -0.139. The second-order valence-electron chi connectivity index (χ2n) is 3.47. The normalized spacial score (nSPS) is 13.3. The minimum Gasteiger partial charge on any atom is -0.480 e. The number of carbonyl (C=O) groups is 1. The fourth-order valence-electron chi connectivity index (χ4n) is 1.25. The predicted molar refractivity (Wildman–Crippen MR) is 63.4 cm³/mol. The molecule has 0 bridgehead atoms. The van der Waals surface area contributed by atoms with Gasteiger partial charge in [-0.1, -0.05) is 24.6 Å². The van der Waals surface area contributed by atoms with Gasteiger partial charge in [-0.05, 0) is 18.6 Å². The predicted octanol–water partition coefficient (Wildman–Crippen LogP) is 1.62. The molecule has 100 valence electrons. The van der Waals surface area contributed by atoms with E-state index in [1.165, 1.54) is 19.1 Å². The molecule has 0 saturated carbocycles. The molecule has 0 spiro atoms. The van der Waals surface area contributed by atoms with Crippen molar-refractivity contribution in [2.24, 2.45) is 0 Å². The van der Waals surface area contributed by atoms with Gasteiger partial charge in [0.1, 0.15) is 10.9 Å². The number of carboxylic acid groups (broad SMARTS) is 1. The standard InChI is InChI=1S/C10H11ClFNO4S/c1-2-7(10(14)15)13-18(16,17)8-5-3-4-6(11)9(8)12/h3-5,7,13H,2H2,1H3,(H,14,15)/t7-/m1/s1. The first-order chi connectivity index (χ1) is 8.29. The average Bonchev–Trinajstić information content (AvgIpc) is 2.29. The molecule has 0 aromatic heterocycles. The average molecular weight is 296 g/mol. The van der Waals surface area contributed by atoms with Gasteiger partial charge >= 0.3 is 5.97 Å². The third-order valence-corrected chi connectivity index (χ3v) is 3.99. The Kier molecular flexibility index (Phi) is 4.66. The van der Waals surface area contributed by atoms with Gasteiger partial charge < -0.3 is 5.11 Å². The summed E-state index contributed by atoms with van der Waals surface area (Å²) < 4.78 is 39.1. The molecule has 18 heavy (non-hydrogen) atoms. The summed E-state index contributed by atoms with van der Waals surface area (Å²) in [6.45, 7) is 1.50. The van der Waals surface area contributed by atoms with Crippen LogP contribution in [-0.2, 0) is 14.8 Å². The van der Waals surface area contributed by atoms with E-state index in [0.29, 0.717) is 0 Å². The monoisotopic (exact) mass is 295 g/mol. The molecule has 1 aromatic rings. The largest absolute Gasteiger partial charge is 0.480 e. The van der Waals surface area contributed by atoms with Crippen LogP contribution in [0.5, 0.6) is 0 Å². The quantitative estimate of drug-likeness (QED) is 0.864. The zero-order valence-electron chi connectivity index (χ0n) is 9.35. The molecule has 0 fully saturated rings. The number of hydrogen-bond donors (Lipinski definition) is 2. The summed E-state index contributed by atoms with van der Waals surface area (Å²) in [5.74, 6) is -2.43. The Morgan fingerprint density at radius 2 is 2.17 bits per heavy atom. The molecule has 0 aliphatic rings. The Morgan fingerprint density at radius 1 is 1.56 bits per heavy atom. The van der Waals surface area contributed by atoms with Crippen LogP contribution in [0.15, 0.2) is 23.1 Å². The van der Waals surface area contributed by atoms with E-state index in [2.05, 4.69) is 0 Å². The lowest BCUT2D eigenvalue weighted by Crippen LogP contribution is -2.40. The molecule has 0 radical (unpaired) electrons. The highest BCUT2D eigenvalue weighted by Gasteiger charge is 2.26. The van der Waals surface area contributed by atoms with Crippen LogP contribution < -0.4 is 4.72 Å². The van der Waals surface area contributed by atoms with Crippen LogP contribution in [0.3, 0.4) is 0 Å². The molecular weight excluding hydrogens is 285 g/mol. The van der Waals surface area contributed by atoms with Gasteiger partial charge in [0.25, 0.3) is 0 Å². The summed E-state index contributed by atoms with van der Waals surface area (Å²) in [6, 6.07) is 2.16. The molecule has 1 aromatic carbocycles. The minimum atomic E-state index is -4.26. The van der Waals surface area contributed by atoms with E-state index in [0.717, 1.165) is 6.07 Å². The summed E-state index contributed by atoms with van der Waals surface area (Å²) >= 11 is 5.47. The summed E-state index contributed by atoms with van der Waals surface area (Å²) in [6.07, 6.45) is 0.0384. The molecular formula is C10H11ClFNO4S. The lowest BCUT2D eigenvalue weighted by atomic mass is 10.2. The number of nitrogens with one attached hydrogen (secondary N) is 1. The molecule has 0 heterocycles. The van der Waals surface area contributed by atoms with E-state index in [9.17, 15) is 17.6 Å². The van der Waals surface area contributed by atoms with E-state index in [4.69, 9.17) is 16.7 Å². The van der Waals surface area contributed by atoms with Crippen molar-refractivity contribution in [2.45, 2.75) is 24.3 Å². The number of hydrogen-bond acceptors (Lipinski definition) is 3. The van der Waals surface area contributed by atoms with Crippen molar-refractivity contribution in [3.05, 3.63) is 29.0 Å². The molecule has 0 amide bonds. The molecule has 8 heteroatoms. The van der Waals surface area contributed by atoms with Crippen molar-refractivity contribution in [1.29, 1.82) is 0 Å². The van der Waals surface area contributed by atoms with Gasteiger partial charge in [0.05, 0.1) is 5.02 Å². The number of benzene rings is 1. The molecule has 0 aliphatic heterocycles. The molecule has 1 rings (SSSR count). The van der Waals surface area contributed by atoms with Crippen molar-refractivity contribution >= 4 is 27.6 Å². The Hall–Kier alpha value is -1.18. The Morgan fingerprint density at radius 3 is 2.67 bits per heavy atom. The van der Waals surface area contributed by atoms with Crippen LogP contribution in [0.25, 0.3) is 0 Å². The highest BCUT2D eigenvalue weighted by atomic mass is 35.5. The molecule has 0 unspecified atom stereocenters. The Balaban J connectivity index is 3.14. The third-order valence-electron chi connectivity index (χ3n) is 2.21. The van der Waals surface area contributed by atoms with Crippen LogP contribution in [0.4, 0.5) is 4.39 Å². The van der Waals surface area contributed by atoms with Gasteiger partial charge in [0, 0.05) is 0 Å². The van der Waals surface area contributed by atoms with Gasteiger partial charge in [-0.3, -0.25) is 4.79 Å². The van der Waals surface area contributed by atoms with Crippen molar-refractivity contribution in [2.75, 3.05) is 0 Å². The first kappa shape index (κ1) is 14.9. The molecule has 1 atom stereocenters. The Bertz CT molecular complexity index is 561. The maximum atomic E-state index is 13.6. The van der Waals surface area contributed by atoms with E-state index < -0.39 is 32.7 Å². The van der Waals surface area contributed by atoms with E-state index in [-0.39, 0.29) is 11.4 Å². The number of halogens is 2. The summed E-state index contributed by atoms with van der Waals surface area (Å²) in [4.78, 5) is 10.1. The zero-order chi connectivity index (χ0) is 13.9. The highest BCUT2D eigenvalue weighted by molar-refractivity contribution is 7.89. The van der Waals surface area contributed by atoms with Gasteiger partial charge in [0.2, 0.25) is 10.0 Å². The van der Waals surface area contributed by atoms with E-state index in [1.807, 2.05) is 4.72 Å². The maximum Gasteiger partial charge on any atom is 0.321 e. The second-order valence-corrected chi connectivity index (χ2v) is 5.56. The second kappa shape index (κ2) is 5.64. The topological polar surface area (TPSA) is 83.5 Å². The van der Waals surface area contributed by atoms with Crippen molar-refractivity contribution < 1.29 is 22.7 Å². The first-order valence-electron chi connectivity index (χ1n) is 4.98. The summed E-state index contributed by atoms with van der Waals surface area (Å²) in [7, 11) is -4.26. The fraction of sp³-hybridized carbons (Fsp3) is 0.300. The highest BCUT2D eigenvalue weighted by Crippen LogP contribution is 2.22. The SMILES string of the molecule is CC[C@@H](NS(=O)(=O)c1cccc(Cl)c1F)C(=O)O. The van der Waals surface area contributed by atoms with E-state index >= 15 is 0 Å². The zero-order valence-corrected chi connectivity index (χ0v) is 10.9. The summed E-state index contributed by atoms with van der Waals surface area (Å²) in [5.41, 5.74) is 0. The van der Waals surface area contributed by atoms with Gasteiger partial charge in [-0.25, -0.2) is 12.8 Å². The van der Waals surface area contributed by atoms with Crippen LogP contribution in [0.2, 0.25) is 5.02 Å². The van der Waals surface area contributed by atoms with E-state index in [1.54, 1.807) is 0 Å². The van der Waals surface area contributed by atoms with Crippen molar-refractivity contribution in [3.8, 4) is 0 Å². The fourth-order valence-corrected chi connectivity index (χ4v) is 2.85. The summed E-state index contributed by atoms with van der Waals surface area (Å²) in [5, 5.41) is 8.41.